The fourth-order valence-corrected chi connectivity index (χ4v) is 1.67. The molecule has 0 aliphatic heterocycles. The minimum absolute atomic E-state index is 0.581. The molecular formula is C14H18N4O. The molecule has 1 N–H and O–H groups in total. The van der Waals surface area contributed by atoms with Crippen LogP contribution in [0, 0.1) is 6.92 Å². The summed E-state index contributed by atoms with van der Waals surface area (Å²) < 4.78 is 5.19. The number of aryl methyl sites for hydroxylation is 1. The maximum Gasteiger partial charge on any atom is 0.229 e. The summed E-state index contributed by atoms with van der Waals surface area (Å²) in [6.07, 6.45) is 0. The van der Waals surface area contributed by atoms with Crippen LogP contribution in [0.15, 0.2) is 30.3 Å². The van der Waals surface area contributed by atoms with Crippen LogP contribution in [0.1, 0.15) is 5.69 Å². The SMILES string of the molecule is COc1cccc(Nc2nc(C)cc(N(C)C)n2)c1. The molecule has 0 radical (unpaired) electrons. The lowest BCUT2D eigenvalue weighted by Gasteiger charge is -2.14. The third-order valence-electron chi connectivity index (χ3n) is 2.62. The second-order valence-corrected chi connectivity index (χ2v) is 4.44. The molecule has 0 saturated carbocycles. The number of hydrogen-bond donors (Lipinski definition) is 1. The first kappa shape index (κ1) is 13.1. The molecule has 0 saturated heterocycles. The summed E-state index contributed by atoms with van der Waals surface area (Å²) in [5.74, 6) is 2.25. The average molecular weight is 258 g/mol. The Hall–Kier alpha value is -2.30. The highest BCUT2D eigenvalue weighted by Crippen LogP contribution is 2.20. The maximum absolute atomic E-state index is 5.19. The van der Waals surface area contributed by atoms with E-state index < -0.39 is 0 Å². The van der Waals surface area contributed by atoms with Crippen LogP contribution >= 0.6 is 0 Å². The van der Waals surface area contributed by atoms with E-state index in [-0.39, 0.29) is 0 Å². The number of anilines is 3. The molecule has 2 aromatic rings. The van der Waals surface area contributed by atoms with Crippen molar-refractivity contribution >= 4 is 17.5 Å². The van der Waals surface area contributed by atoms with Crippen molar-refractivity contribution in [2.75, 3.05) is 31.4 Å². The minimum atomic E-state index is 0.581. The lowest BCUT2D eigenvalue weighted by Crippen LogP contribution is -2.12. The topological polar surface area (TPSA) is 50.3 Å². The van der Waals surface area contributed by atoms with Gasteiger partial charge in [-0.05, 0) is 19.1 Å². The summed E-state index contributed by atoms with van der Waals surface area (Å²) in [6, 6.07) is 9.61. The highest BCUT2D eigenvalue weighted by molar-refractivity contribution is 5.57. The van der Waals surface area contributed by atoms with Gasteiger partial charge in [-0.25, -0.2) is 4.98 Å². The van der Waals surface area contributed by atoms with E-state index in [1.165, 1.54) is 0 Å². The van der Waals surface area contributed by atoms with E-state index in [0.717, 1.165) is 22.9 Å². The van der Waals surface area contributed by atoms with Crippen LogP contribution in [0.3, 0.4) is 0 Å². The molecule has 2 rings (SSSR count). The van der Waals surface area contributed by atoms with Gasteiger partial charge in [-0.15, -0.1) is 0 Å². The Morgan fingerprint density at radius 2 is 1.95 bits per heavy atom. The van der Waals surface area contributed by atoms with Gasteiger partial charge in [0.2, 0.25) is 5.95 Å². The fourth-order valence-electron chi connectivity index (χ4n) is 1.67. The van der Waals surface area contributed by atoms with E-state index in [2.05, 4.69) is 15.3 Å². The van der Waals surface area contributed by atoms with Gasteiger partial charge in [-0.3, -0.25) is 0 Å². The molecule has 5 nitrogen and oxygen atoms in total. The zero-order valence-corrected chi connectivity index (χ0v) is 11.6. The highest BCUT2D eigenvalue weighted by atomic mass is 16.5. The lowest BCUT2D eigenvalue weighted by atomic mass is 10.3. The van der Waals surface area contributed by atoms with Crippen molar-refractivity contribution in [1.29, 1.82) is 0 Å². The van der Waals surface area contributed by atoms with Crippen LogP contribution in [0.5, 0.6) is 5.75 Å². The number of hydrogen-bond acceptors (Lipinski definition) is 5. The summed E-state index contributed by atoms with van der Waals surface area (Å²) >= 11 is 0. The van der Waals surface area contributed by atoms with Gasteiger partial charge >= 0.3 is 0 Å². The Morgan fingerprint density at radius 3 is 2.63 bits per heavy atom. The standard InChI is InChI=1S/C14H18N4O/c1-10-8-13(18(2)3)17-14(15-10)16-11-6-5-7-12(9-11)19-4/h5-9H,1-4H3,(H,15,16,17). The zero-order valence-electron chi connectivity index (χ0n) is 11.6. The number of nitrogens with one attached hydrogen (secondary N) is 1. The second kappa shape index (κ2) is 5.56. The van der Waals surface area contributed by atoms with Crippen LogP contribution in [0.4, 0.5) is 17.5 Å². The Kier molecular flexibility index (Phi) is 3.85. The third kappa shape index (κ3) is 3.34. The Morgan fingerprint density at radius 1 is 1.16 bits per heavy atom. The molecular weight excluding hydrogens is 240 g/mol. The molecule has 0 unspecified atom stereocenters. The Labute approximate surface area is 113 Å². The van der Waals surface area contributed by atoms with Gasteiger partial charge < -0.3 is 15.0 Å². The Bertz CT molecular complexity index is 569. The largest absolute Gasteiger partial charge is 0.497 e. The molecule has 0 fully saturated rings. The van der Waals surface area contributed by atoms with E-state index in [1.54, 1.807) is 7.11 Å². The molecule has 0 aliphatic carbocycles. The van der Waals surface area contributed by atoms with E-state index in [4.69, 9.17) is 4.74 Å². The summed E-state index contributed by atoms with van der Waals surface area (Å²) in [6.45, 7) is 1.95. The summed E-state index contributed by atoms with van der Waals surface area (Å²) in [5, 5.41) is 3.19. The molecule has 0 amide bonds. The first-order chi connectivity index (χ1) is 9.08. The van der Waals surface area contributed by atoms with Gasteiger partial charge in [0.05, 0.1) is 7.11 Å². The summed E-state index contributed by atoms with van der Waals surface area (Å²) in [4.78, 5) is 10.8. The molecule has 19 heavy (non-hydrogen) atoms. The summed E-state index contributed by atoms with van der Waals surface area (Å²) in [7, 11) is 5.56. The van der Waals surface area contributed by atoms with Gasteiger partial charge in [0, 0.05) is 37.6 Å². The van der Waals surface area contributed by atoms with E-state index in [9.17, 15) is 0 Å². The van der Waals surface area contributed by atoms with Crippen molar-refractivity contribution in [3.05, 3.63) is 36.0 Å². The molecule has 1 aromatic carbocycles. The number of ether oxygens (including phenoxy) is 1. The van der Waals surface area contributed by atoms with Gasteiger partial charge in [0.25, 0.3) is 0 Å². The minimum Gasteiger partial charge on any atom is -0.497 e. The van der Waals surface area contributed by atoms with E-state index in [1.807, 2.05) is 56.3 Å². The molecule has 5 heteroatoms. The van der Waals surface area contributed by atoms with Gasteiger partial charge in [0.1, 0.15) is 11.6 Å². The average Bonchev–Trinajstić information content (AvgIpc) is 2.38. The van der Waals surface area contributed by atoms with Crippen molar-refractivity contribution in [3.63, 3.8) is 0 Å². The molecule has 0 atom stereocenters. The van der Waals surface area contributed by atoms with Crippen LogP contribution in [0.25, 0.3) is 0 Å². The van der Waals surface area contributed by atoms with Crippen LogP contribution in [-0.2, 0) is 0 Å². The second-order valence-electron chi connectivity index (χ2n) is 4.44. The predicted octanol–water partition coefficient (Wildman–Crippen LogP) is 2.60. The number of methoxy groups -OCH3 is 1. The quantitative estimate of drug-likeness (QED) is 0.913. The van der Waals surface area contributed by atoms with Crippen LogP contribution in [0.2, 0.25) is 0 Å². The zero-order chi connectivity index (χ0) is 13.8. The van der Waals surface area contributed by atoms with Crippen LogP contribution < -0.4 is 15.0 Å². The molecule has 0 bridgehead atoms. The molecule has 1 aromatic heterocycles. The fraction of sp³-hybridized carbons (Fsp3) is 0.286. The van der Waals surface area contributed by atoms with Gasteiger partial charge in [0.15, 0.2) is 0 Å². The smallest absolute Gasteiger partial charge is 0.229 e. The monoisotopic (exact) mass is 258 g/mol. The van der Waals surface area contributed by atoms with Crippen molar-refractivity contribution < 1.29 is 4.74 Å². The lowest BCUT2D eigenvalue weighted by molar-refractivity contribution is 0.415. The van der Waals surface area contributed by atoms with Crippen molar-refractivity contribution in [2.24, 2.45) is 0 Å². The molecule has 0 spiro atoms. The predicted molar refractivity (Wildman–Crippen MR) is 77.4 cm³/mol. The van der Waals surface area contributed by atoms with Crippen molar-refractivity contribution in [3.8, 4) is 5.75 Å². The Balaban J connectivity index is 2.27. The van der Waals surface area contributed by atoms with Gasteiger partial charge in [-0.1, -0.05) is 6.07 Å². The van der Waals surface area contributed by atoms with Gasteiger partial charge in [-0.2, -0.15) is 4.98 Å². The van der Waals surface area contributed by atoms with Crippen LogP contribution in [-0.4, -0.2) is 31.2 Å². The molecule has 1 heterocycles. The van der Waals surface area contributed by atoms with Crippen molar-refractivity contribution in [2.45, 2.75) is 6.92 Å². The number of benzene rings is 1. The number of rotatable bonds is 4. The first-order valence-corrected chi connectivity index (χ1v) is 6.02. The third-order valence-corrected chi connectivity index (χ3v) is 2.62. The number of aromatic nitrogens is 2. The van der Waals surface area contributed by atoms with Crippen molar-refractivity contribution in [1.82, 2.24) is 9.97 Å². The normalized spacial score (nSPS) is 10.1. The molecule has 100 valence electrons. The first-order valence-electron chi connectivity index (χ1n) is 6.02. The van der Waals surface area contributed by atoms with E-state index in [0.29, 0.717) is 5.95 Å². The van der Waals surface area contributed by atoms with E-state index >= 15 is 0 Å². The maximum atomic E-state index is 5.19. The molecule has 0 aliphatic rings. The summed E-state index contributed by atoms with van der Waals surface area (Å²) in [5.41, 5.74) is 1.82. The highest BCUT2D eigenvalue weighted by Gasteiger charge is 2.04. The number of nitrogens with zero attached hydrogens (tertiary/aromatic N) is 3.